The second-order valence-electron chi connectivity index (χ2n) is 6.59. The molecule has 0 amide bonds. The highest BCUT2D eigenvalue weighted by Gasteiger charge is 2.32. The summed E-state index contributed by atoms with van der Waals surface area (Å²) in [6.07, 6.45) is 1.78. The minimum absolute atomic E-state index is 0.0735. The molecule has 160 valence electrons. The molecule has 1 aliphatic heterocycles. The van der Waals surface area contributed by atoms with Crippen molar-refractivity contribution in [3.63, 3.8) is 0 Å². The third-order valence-electron chi connectivity index (χ3n) is 4.47. The molecule has 0 atom stereocenters. The molecule has 1 aromatic carbocycles. The van der Waals surface area contributed by atoms with Crippen LogP contribution >= 0.6 is 11.3 Å². The summed E-state index contributed by atoms with van der Waals surface area (Å²) in [7, 11) is 0. The lowest BCUT2D eigenvalue weighted by atomic mass is 10.0. The first kappa shape index (κ1) is 20.9. The van der Waals surface area contributed by atoms with Gasteiger partial charge in [-0.3, -0.25) is 4.57 Å². The molecule has 0 bridgehead atoms. The number of halogens is 5. The molecular weight excluding hydrogens is 439 g/mol. The number of alkyl halides is 3. The van der Waals surface area contributed by atoms with Gasteiger partial charge in [0.05, 0.1) is 6.54 Å². The second-order valence-corrected chi connectivity index (χ2v) is 7.76. The van der Waals surface area contributed by atoms with Crippen LogP contribution in [0.1, 0.15) is 15.3 Å². The van der Waals surface area contributed by atoms with E-state index in [1.807, 2.05) is 0 Å². The largest absolute Gasteiger partial charge is 0.425 e. The fourth-order valence-electron chi connectivity index (χ4n) is 2.91. The van der Waals surface area contributed by atoms with Gasteiger partial charge in [-0.05, 0) is 41.5 Å². The SMILES string of the molecule is O=c1nc(N2C=CC(c3ccc(F)c(F)c3)=CC2)ncn1Cc1ccc(C(F)(F)F)s1. The molecule has 31 heavy (non-hydrogen) atoms. The zero-order chi connectivity index (χ0) is 22.2. The highest BCUT2D eigenvalue weighted by molar-refractivity contribution is 7.12. The zero-order valence-electron chi connectivity index (χ0n) is 15.6. The van der Waals surface area contributed by atoms with Crippen LogP contribution < -0.4 is 10.6 Å². The van der Waals surface area contributed by atoms with Crippen LogP contribution in [0.15, 0.2) is 59.8 Å². The van der Waals surface area contributed by atoms with E-state index in [0.717, 1.165) is 22.8 Å². The molecule has 0 N–H and O–H groups in total. The maximum Gasteiger partial charge on any atom is 0.425 e. The van der Waals surface area contributed by atoms with Crippen molar-refractivity contribution >= 4 is 22.9 Å². The molecule has 0 fully saturated rings. The van der Waals surface area contributed by atoms with Crippen LogP contribution in [0.2, 0.25) is 0 Å². The van der Waals surface area contributed by atoms with Crippen LogP contribution in [0.3, 0.4) is 0 Å². The van der Waals surface area contributed by atoms with Crippen LogP contribution in [-0.4, -0.2) is 21.1 Å². The molecule has 0 saturated heterocycles. The Kier molecular flexibility index (Phi) is 5.44. The molecule has 4 rings (SSSR count). The molecule has 5 nitrogen and oxygen atoms in total. The lowest BCUT2D eigenvalue weighted by molar-refractivity contribution is -0.134. The Morgan fingerprint density at radius 2 is 1.90 bits per heavy atom. The minimum atomic E-state index is -4.43. The molecule has 3 aromatic rings. The van der Waals surface area contributed by atoms with E-state index < -0.39 is 28.4 Å². The van der Waals surface area contributed by atoms with E-state index in [1.54, 1.807) is 23.3 Å². The van der Waals surface area contributed by atoms with E-state index in [-0.39, 0.29) is 19.0 Å². The monoisotopic (exact) mass is 452 g/mol. The van der Waals surface area contributed by atoms with Crippen LogP contribution in [0.25, 0.3) is 5.57 Å². The third kappa shape index (κ3) is 4.55. The minimum Gasteiger partial charge on any atom is -0.313 e. The number of hydrogen-bond donors (Lipinski definition) is 0. The van der Waals surface area contributed by atoms with Crippen LogP contribution in [0.5, 0.6) is 0 Å². The van der Waals surface area contributed by atoms with Gasteiger partial charge in [0, 0.05) is 17.6 Å². The van der Waals surface area contributed by atoms with Crippen molar-refractivity contribution in [2.24, 2.45) is 0 Å². The van der Waals surface area contributed by atoms with Crippen LogP contribution in [0, 0.1) is 11.6 Å². The summed E-state index contributed by atoms with van der Waals surface area (Å²) in [5, 5.41) is 0. The number of benzene rings is 1. The fourth-order valence-corrected chi connectivity index (χ4v) is 3.79. The Balaban J connectivity index is 1.47. The van der Waals surface area contributed by atoms with E-state index in [0.29, 0.717) is 27.4 Å². The van der Waals surface area contributed by atoms with E-state index in [2.05, 4.69) is 9.97 Å². The lowest BCUT2D eigenvalue weighted by Crippen LogP contribution is -2.29. The Hall–Kier alpha value is -3.34. The average molecular weight is 452 g/mol. The van der Waals surface area contributed by atoms with Gasteiger partial charge in [-0.2, -0.15) is 18.2 Å². The Labute approximate surface area is 176 Å². The fraction of sp³-hybridized carbons (Fsp3) is 0.150. The highest BCUT2D eigenvalue weighted by Crippen LogP contribution is 2.34. The highest BCUT2D eigenvalue weighted by atomic mass is 32.1. The number of hydrogen-bond acceptors (Lipinski definition) is 5. The van der Waals surface area contributed by atoms with E-state index in [1.165, 1.54) is 18.5 Å². The lowest BCUT2D eigenvalue weighted by Gasteiger charge is -2.20. The van der Waals surface area contributed by atoms with Crippen molar-refractivity contribution < 1.29 is 22.0 Å². The Morgan fingerprint density at radius 1 is 1.10 bits per heavy atom. The Morgan fingerprint density at radius 3 is 2.52 bits per heavy atom. The van der Waals surface area contributed by atoms with Crippen molar-refractivity contribution in [3.8, 4) is 0 Å². The van der Waals surface area contributed by atoms with Crippen molar-refractivity contribution in [1.82, 2.24) is 14.5 Å². The maximum atomic E-state index is 13.4. The molecular formula is C20H13F5N4OS. The molecule has 3 heterocycles. The van der Waals surface area contributed by atoms with Gasteiger partial charge >= 0.3 is 11.9 Å². The maximum absolute atomic E-state index is 13.4. The quantitative estimate of drug-likeness (QED) is 0.549. The van der Waals surface area contributed by atoms with Gasteiger partial charge in [0.25, 0.3) is 0 Å². The first-order valence-electron chi connectivity index (χ1n) is 8.90. The summed E-state index contributed by atoms with van der Waals surface area (Å²) in [5.74, 6) is -1.77. The predicted molar refractivity (Wildman–Crippen MR) is 106 cm³/mol. The predicted octanol–water partition coefficient (Wildman–Crippen LogP) is 4.46. The molecule has 0 unspecified atom stereocenters. The molecule has 11 heteroatoms. The summed E-state index contributed by atoms with van der Waals surface area (Å²) in [6.45, 7) is 0.212. The number of thiophene rings is 1. The number of rotatable bonds is 4. The summed E-state index contributed by atoms with van der Waals surface area (Å²) < 4.78 is 65.8. The number of allylic oxidation sites excluding steroid dienone is 2. The van der Waals surface area contributed by atoms with Gasteiger partial charge in [-0.25, -0.2) is 18.6 Å². The second kappa shape index (κ2) is 8.06. The summed E-state index contributed by atoms with van der Waals surface area (Å²) in [4.78, 5) is 21.5. The van der Waals surface area contributed by atoms with E-state index in [9.17, 15) is 26.7 Å². The van der Waals surface area contributed by atoms with Gasteiger partial charge in [0.2, 0.25) is 5.95 Å². The molecule has 0 saturated carbocycles. The Bertz CT molecular complexity index is 1240. The van der Waals surface area contributed by atoms with Crippen molar-refractivity contribution in [2.45, 2.75) is 12.7 Å². The van der Waals surface area contributed by atoms with E-state index in [4.69, 9.17) is 0 Å². The van der Waals surface area contributed by atoms with Crippen LogP contribution in [-0.2, 0) is 12.7 Å². The molecule has 2 aromatic heterocycles. The number of aromatic nitrogens is 3. The molecule has 1 aliphatic rings. The van der Waals surface area contributed by atoms with Gasteiger partial charge in [-0.15, -0.1) is 11.3 Å². The van der Waals surface area contributed by atoms with Crippen molar-refractivity contribution in [2.75, 3.05) is 11.4 Å². The number of nitrogens with zero attached hydrogens (tertiary/aromatic N) is 4. The molecule has 0 radical (unpaired) electrons. The van der Waals surface area contributed by atoms with Gasteiger partial charge < -0.3 is 4.90 Å². The van der Waals surface area contributed by atoms with E-state index >= 15 is 0 Å². The van der Waals surface area contributed by atoms with Gasteiger partial charge in [0.1, 0.15) is 11.2 Å². The molecule has 0 spiro atoms. The van der Waals surface area contributed by atoms with Crippen molar-refractivity contribution in [1.29, 1.82) is 0 Å². The van der Waals surface area contributed by atoms with Crippen molar-refractivity contribution in [3.05, 3.63) is 92.4 Å². The molecule has 0 aliphatic carbocycles. The average Bonchev–Trinajstić information content (AvgIpc) is 3.21. The van der Waals surface area contributed by atoms with Crippen LogP contribution in [0.4, 0.5) is 27.9 Å². The first-order valence-corrected chi connectivity index (χ1v) is 9.72. The summed E-state index contributed by atoms with van der Waals surface area (Å²) in [5.41, 5.74) is 0.512. The summed E-state index contributed by atoms with van der Waals surface area (Å²) in [6, 6.07) is 5.87. The zero-order valence-corrected chi connectivity index (χ0v) is 16.4. The standard InChI is InChI=1S/C20H13F5N4OS/c21-15-3-1-13(9-16(15)22)12-5-7-28(8-6-12)18-26-11-29(19(30)27-18)10-14-2-4-17(31-14)20(23,24)25/h1-7,9,11H,8,10H2. The van der Waals surface area contributed by atoms with Gasteiger partial charge in [0.15, 0.2) is 11.6 Å². The topological polar surface area (TPSA) is 51.0 Å². The van der Waals surface area contributed by atoms with Gasteiger partial charge in [-0.1, -0.05) is 12.1 Å². The third-order valence-corrected chi connectivity index (χ3v) is 5.59. The smallest absolute Gasteiger partial charge is 0.313 e. The first-order chi connectivity index (χ1) is 14.7. The summed E-state index contributed by atoms with van der Waals surface area (Å²) >= 11 is 0.556. The normalized spacial score (nSPS) is 14.1. The number of anilines is 1.